The summed E-state index contributed by atoms with van der Waals surface area (Å²) in [5.41, 5.74) is 0.474. The lowest BCUT2D eigenvalue weighted by Gasteiger charge is -2.10. The van der Waals surface area contributed by atoms with E-state index in [9.17, 15) is 8.78 Å². The van der Waals surface area contributed by atoms with E-state index >= 15 is 0 Å². The van der Waals surface area contributed by atoms with E-state index in [4.69, 9.17) is 11.6 Å². The smallest absolute Gasteiger partial charge is 0.288 e. The summed E-state index contributed by atoms with van der Waals surface area (Å²) in [6.07, 6.45) is 0. The van der Waals surface area contributed by atoms with Crippen molar-refractivity contribution in [3.8, 4) is 0 Å². The van der Waals surface area contributed by atoms with E-state index in [2.05, 4.69) is 25.6 Å². The molecule has 2 aromatic rings. The SMILES string of the molecule is CNc1nc(Cl)nc(Nc2ccccc2SC(F)F)n1. The molecule has 0 aliphatic rings. The Labute approximate surface area is 123 Å². The minimum Gasteiger partial charge on any atom is -0.357 e. The van der Waals surface area contributed by atoms with Crippen LogP contribution in [0.5, 0.6) is 0 Å². The van der Waals surface area contributed by atoms with Gasteiger partial charge in [0.15, 0.2) is 0 Å². The maximum atomic E-state index is 12.5. The van der Waals surface area contributed by atoms with Crippen molar-refractivity contribution in [3.05, 3.63) is 29.5 Å². The molecule has 2 rings (SSSR count). The van der Waals surface area contributed by atoms with Crippen LogP contribution in [-0.2, 0) is 0 Å². The molecule has 0 saturated carbocycles. The molecule has 0 bridgehead atoms. The van der Waals surface area contributed by atoms with Crippen LogP contribution in [0.4, 0.5) is 26.4 Å². The Morgan fingerprint density at radius 2 is 1.85 bits per heavy atom. The summed E-state index contributed by atoms with van der Waals surface area (Å²) >= 11 is 6.19. The van der Waals surface area contributed by atoms with Gasteiger partial charge in [0.1, 0.15) is 0 Å². The molecule has 1 aromatic heterocycles. The highest BCUT2D eigenvalue weighted by Crippen LogP contribution is 2.32. The van der Waals surface area contributed by atoms with Crippen molar-refractivity contribution in [1.29, 1.82) is 0 Å². The highest BCUT2D eigenvalue weighted by molar-refractivity contribution is 7.99. The molecule has 106 valence electrons. The number of anilines is 3. The van der Waals surface area contributed by atoms with Gasteiger partial charge in [0.25, 0.3) is 5.76 Å². The third kappa shape index (κ3) is 3.91. The normalized spacial score (nSPS) is 10.7. The molecule has 0 fully saturated rings. The molecule has 0 radical (unpaired) electrons. The summed E-state index contributed by atoms with van der Waals surface area (Å²) in [5.74, 6) is -2.05. The molecule has 0 aliphatic carbocycles. The van der Waals surface area contributed by atoms with E-state index in [1.165, 1.54) is 0 Å². The molecule has 1 aromatic carbocycles. The molecule has 9 heteroatoms. The summed E-state index contributed by atoms with van der Waals surface area (Å²) in [4.78, 5) is 12.2. The van der Waals surface area contributed by atoms with Gasteiger partial charge in [0.2, 0.25) is 17.2 Å². The van der Waals surface area contributed by atoms with Crippen molar-refractivity contribution in [1.82, 2.24) is 15.0 Å². The van der Waals surface area contributed by atoms with Gasteiger partial charge in [0, 0.05) is 11.9 Å². The maximum Gasteiger partial charge on any atom is 0.288 e. The fraction of sp³-hybridized carbons (Fsp3) is 0.182. The first-order chi connectivity index (χ1) is 9.58. The van der Waals surface area contributed by atoms with Crippen molar-refractivity contribution in [2.24, 2.45) is 0 Å². The van der Waals surface area contributed by atoms with Gasteiger partial charge < -0.3 is 10.6 Å². The van der Waals surface area contributed by atoms with Crippen LogP contribution in [0, 0.1) is 0 Å². The van der Waals surface area contributed by atoms with E-state index in [0.717, 1.165) is 0 Å². The predicted octanol–water partition coefficient (Wildman–Crippen LogP) is 3.63. The van der Waals surface area contributed by atoms with Crippen molar-refractivity contribution in [2.45, 2.75) is 10.7 Å². The fourth-order valence-corrected chi connectivity index (χ4v) is 2.16. The predicted molar refractivity (Wildman–Crippen MR) is 76.0 cm³/mol. The number of nitrogens with zero attached hydrogens (tertiary/aromatic N) is 3. The molecule has 1 heterocycles. The van der Waals surface area contributed by atoms with Crippen LogP contribution in [0.15, 0.2) is 29.2 Å². The molecule has 2 N–H and O–H groups in total. The summed E-state index contributed by atoms with van der Waals surface area (Å²) in [6, 6.07) is 6.64. The topological polar surface area (TPSA) is 62.7 Å². The summed E-state index contributed by atoms with van der Waals surface area (Å²) < 4.78 is 25.0. The van der Waals surface area contributed by atoms with Crippen molar-refractivity contribution >= 4 is 40.9 Å². The highest BCUT2D eigenvalue weighted by Gasteiger charge is 2.11. The van der Waals surface area contributed by atoms with Crippen LogP contribution >= 0.6 is 23.4 Å². The van der Waals surface area contributed by atoms with Gasteiger partial charge in [-0.25, -0.2) is 0 Å². The number of aromatic nitrogens is 3. The average molecular weight is 318 g/mol. The minimum absolute atomic E-state index is 0.00541. The van der Waals surface area contributed by atoms with Gasteiger partial charge in [-0.1, -0.05) is 23.9 Å². The number of hydrogen-bond acceptors (Lipinski definition) is 6. The highest BCUT2D eigenvalue weighted by atomic mass is 35.5. The second-order valence-corrected chi connectivity index (χ2v) is 4.87. The van der Waals surface area contributed by atoms with E-state index in [-0.39, 0.29) is 17.2 Å². The fourth-order valence-electron chi connectivity index (χ4n) is 1.41. The van der Waals surface area contributed by atoms with Crippen LogP contribution in [-0.4, -0.2) is 27.8 Å². The molecule has 5 nitrogen and oxygen atoms in total. The molecule has 0 saturated heterocycles. The Hall–Kier alpha value is -1.67. The number of alkyl halides is 2. The number of benzene rings is 1. The lowest BCUT2D eigenvalue weighted by atomic mass is 10.3. The lowest BCUT2D eigenvalue weighted by Crippen LogP contribution is -2.04. The summed E-state index contributed by atoms with van der Waals surface area (Å²) in [7, 11) is 1.63. The quantitative estimate of drug-likeness (QED) is 0.821. The second-order valence-electron chi connectivity index (χ2n) is 3.50. The van der Waals surface area contributed by atoms with Gasteiger partial charge in [-0.3, -0.25) is 0 Å². The van der Waals surface area contributed by atoms with E-state index in [1.807, 2.05) is 0 Å². The number of nitrogens with one attached hydrogen (secondary N) is 2. The molecule has 20 heavy (non-hydrogen) atoms. The Balaban J connectivity index is 2.27. The van der Waals surface area contributed by atoms with Crippen molar-refractivity contribution in [3.63, 3.8) is 0 Å². The van der Waals surface area contributed by atoms with Gasteiger partial charge in [-0.15, -0.1) is 0 Å². The zero-order valence-corrected chi connectivity index (χ0v) is 11.8. The van der Waals surface area contributed by atoms with Crippen LogP contribution in [0.1, 0.15) is 0 Å². The standard InChI is InChI=1S/C11H10ClF2N5S/c1-15-10-17-8(12)18-11(19-10)16-6-4-2-3-5-7(6)20-9(13)14/h2-5,9H,1H3,(H2,15,16,17,18,19). The van der Waals surface area contributed by atoms with Gasteiger partial charge in [-0.05, 0) is 23.7 Å². The number of para-hydroxylation sites is 1. The number of halogens is 3. The zero-order valence-electron chi connectivity index (χ0n) is 10.3. The molecule has 0 atom stereocenters. The molecule has 0 aliphatic heterocycles. The van der Waals surface area contributed by atoms with Crippen LogP contribution in [0.3, 0.4) is 0 Å². The monoisotopic (exact) mass is 317 g/mol. The first-order valence-electron chi connectivity index (χ1n) is 5.48. The Kier molecular flexibility index (Phi) is 4.91. The molecule has 0 unspecified atom stereocenters. The molecular weight excluding hydrogens is 308 g/mol. The van der Waals surface area contributed by atoms with Crippen molar-refractivity contribution in [2.75, 3.05) is 17.7 Å². The number of rotatable bonds is 5. The number of thioether (sulfide) groups is 1. The maximum absolute atomic E-state index is 12.5. The minimum atomic E-state index is -2.51. The van der Waals surface area contributed by atoms with Crippen LogP contribution < -0.4 is 10.6 Å². The molecule has 0 amide bonds. The van der Waals surface area contributed by atoms with Gasteiger partial charge in [0.05, 0.1) is 5.69 Å². The van der Waals surface area contributed by atoms with Gasteiger partial charge >= 0.3 is 0 Å². The lowest BCUT2D eigenvalue weighted by molar-refractivity contribution is 0.252. The third-order valence-electron chi connectivity index (χ3n) is 2.18. The first kappa shape index (κ1) is 14.7. The Morgan fingerprint density at radius 3 is 2.55 bits per heavy atom. The molecular formula is C11H10ClF2N5S. The van der Waals surface area contributed by atoms with E-state index < -0.39 is 5.76 Å². The van der Waals surface area contributed by atoms with Crippen LogP contribution in [0.25, 0.3) is 0 Å². The summed E-state index contributed by atoms with van der Waals surface area (Å²) in [5, 5.41) is 5.59. The summed E-state index contributed by atoms with van der Waals surface area (Å²) in [6.45, 7) is 0. The van der Waals surface area contributed by atoms with E-state index in [0.29, 0.717) is 22.3 Å². The molecule has 0 spiro atoms. The van der Waals surface area contributed by atoms with Gasteiger partial charge in [-0.2, -0.15) is 23.7 Å². The van der Waals surface area contributed by atoms with Crippen LogP contribution in [0.2, 0.25) is 5.28 Å². The first-order valence-corrected chi connectivity index (χ1v) is 6.74. The average Bonchev–Trinajstić information content (AvgIpc) is 2.39. The third-order valence-corrected chi connectivity index (χ3v) is 3.14. The Bertz CT molecular complexity index is 599. The van der Waals surface area contributed by atoms with Crippen molar-refractivity contribution < 1.29 is 8.78 Å². The number of hydrogen-bond donors (Lipinski definition) is 2. The second kappa shape index (κ2) is 6.67. The largest absolute Gasteiger partial charge is 0.357 e. The Morgan fingerprint density at radius 1 is 1.15 bits per heavy atom. The van der Waals surface area contributed by atoms with E-state index in [1.54, 1.807) is 31.3 Å². The zero-order chi connectivity index (χ0) is 14.5.